The summed E-state index contributed by atoms with van der Waals surface area (Å²) in [7, 11) is 0. The Bertz CT molecular complexity index is 635. The van der Waals surface area contributed by atoms with Crippen LogP contribution in [0.2, 0.25) is 0 Å². The molecule has 4 unspecified atom stereocenters. The lowest BCUT2D eigenvalue weighted by Gasteiger charge is -2.62. The molecule has 3 aliphatic carbocycles. The van der Waals surface area contributed by atoms with E-state index in [9.17, 15) is 19.8 Å². The van der Waals surface area contributed by atoms with Crippen LogP contribution in [0.25, 0.3) is 0 Å². The van der Waals surface area contributed by atoms with Crippen molar-refractivity contribution in [1.82, 2.24) is 0 Å². The molecule has 28 heavy (non-hydrogen) atoms. The van der Waals surface area contributed by atoms with Crippen LogP contribution in [0.1, 0.15) is 66.2 Å². The first-order valence-corrected chi connectivity index (χ1v) is 10.7. The summed E-state index contributed by atoms with van der Waals surface area (Å²) in [5.41, 5.74) is -1.47. The average molecular weight is 397 g/mol. The first-order valence-electron chi connectivity index (χ1n) is 10.7. The molecule has 6 nitrogen and oxygen atoms in total. The standard InChI is InChI=1S/C22H36O6/c1-5-20(3)10-16(25)21(4)14(12-28-17(26)11-23)6-8-22(13(2)19(20)27)9-7-15(24)18(21)22/h13-14,16,18-19,23,25,27H,5-12H2,1-4H3/t13?,14-,16+,18?,19?,20+,21-,22?/m0/s1. The smallest absolute Gasteiger partial charge is 0.331 e. The van der Waals surface area contributed by atoms with Gasteiger partial charge in [-0.05, 0) is 48.9 Å². The Balaban J connectivity index is 2.08. The van der Waals surface area contributed by atoms with Gasteiger partial charge < -0.3 is 20.1 Å². The van der Waals surface area contributed by atoms with Crippen LogP contribution in [0.5, 0.6) is 0 Å². The van der Waals surface area contributed by atoms with Gasteiger partial charge in [-0.15, -0.1) is 0 Å². The highest BCUT2D eigenvalue weighted by Gasteiger charge is 2.68. The van der Waals surface area contributed by atoms with E-state index in [1.165, 1.54) is 0 Å². The SMILES string of the molecule is CC[C@]1(C)C[C@@H](O)[C@@]2(C)C3C(=O)CCC3(CC[C@H]2COC(=O)CO)C(C)C1O. The van der Waals surface area contributed by atoms with Gasteiger partial charge in [0.1, 0.15) is 12.4 Å². The van der Waals surface area contributed by atoms with Gasteiger partial charge in [0.25, 0.3) is 0 Å². The number of esters is 1. The molecule has 0 heterocycles. The van der Waals surface area contributed by atoms with Gasteiger partial charge in [0.15, 0.2) is 0 Å². The highest BCUT2D eigenvalue weighted by Crippen LogP contribution is 2.67. The van der Waals surface area contributed by atoms with Crippen molar-refractivity contribution in [3.63, 3.8) is 0 Å². The molecule has 0 aromatic heterocycles. The molecule has 8 atom stereocenters. The lowest BCUT2D eigenvalue weighted by molar-refractivity contribution is -0.207. The molecule has 0 spiro atoms. The number of Topliss-reactive ketones (excluding diaryl/α,β-unsaturated/α-hetero) is 1. The minimum absolute atomic E-state index is 0.0401. The fourth-order valence-electron chi connectivity index (χ4n) is 6.93. The van der Waals surface area contributed by atoms with Crippen LogP contribution in [0.4, 0.5) is 0 Å². The average Bonchev–Trinajstić information content (AvgIpc) is 3.03. The molecule has 0 amide bonds. The largest absolute Gasteiger partial charge is 0.464 e. The molecule has 0 aromatic carbocycles. The second-order valence-electron chi connectivity index (χ2n) is 10.0. The minimum atomic E-state index is -0.774. The van der Waals surface area contributed by atoms with E-state index in [0.29, 0.717) is 12.8 Å². The van der Waals surface area contributed by atoms with Gasteiger partial charge in [0.2, 0.25) is 0 Å². The number of rotatable bonds is 4. The number of hydrogen-bond acceptors (Lipinski definition) is 6. The van der Waals surface area contributed by atoms with Gasteiger partial charge in [-0.25, -0.2) is 4.79 Å². The molecule has 3 rings (SSSR count). The zero-order chi connectivity index (χ0) is 20.9. The summed E-state index contributed by atoms with van der Waals surface area (Å²) in [6.45, 7) is 7.57. The molecule has 3 N–H and O–H groups in total. The summed E-state index contributed by atoms with van der Waals surface area (Å²) in [6, 6.07) is 0. The van der Waals surface area contributed by atoms with Crippen molar-refractivity contribution < 1.29 is 29.6 Å². The monoisotopic (exact) mass is 396 g/mol. The maximum Gasteiger partial charge on any atom is 0.331 e. The van der Waals surface area contributed by atoms with E-state index in [0.717, 1.165) is 25.7 Å². The molecule has 6 heteroatoms. The molecule has 2 bridgehead atoms. The van der Waals surface area contributed by atoms with Crippen LogP contribution in [-0.4, -0.2) is 52.5 Å². The Morgan fingerprint density at radius 3 is 2.54 bits per heavy atom. The van der Waals surface area contributed by atoms with Crippen LogP contribution in [-0.2, 0) is 14.3 Å². The Hall–Kier alpha value is -0.980. The van der Waals surface area contributed by atoms with E-state index < -0.39 is 35.6 Å². The fourth-order valence-corrected chi connectivity index (χ4v) is 6.93. The van der Waals surface area contributed by atoms with E-state index in [1.54, 1.807) is 0 Å². The van der Waals surface area contributed by atoms with Crippen molar-refractivity contribution >= 4 is 11.8 Å². The highest BCUT2D eigenvalue weighted by atomic mass is 16.5. The predicted octanol–water partition coefficient (Wildman–Crippen LogP) is 2.08. The molecule has 0 radical (unpaired) electrons. The lowest BCUT2D eigenvalue weighted by Crippen LogP contribution is -2.63. The summed E-state index contributed by atoms with van der Waals surface area (Å²) >= 11 is 0. The Kier molecular flexibility index (Phi) is 5.72. The molecule has 0 aromatic rings. The quantitative estimate of drug-likeness (QED) is 0.629. The molecule has 0 aliphatic heterocycles. The van der Waals surface area contributed by atoms with Gasteiger partial charge >= 0.3 is 5.97 Å². The van der Waals surface area contributed by atoms with E-state index in [-0.39, 0.29) is 35.6 Å². The Morgan fingerprint density at radius 1 is 1.25 bits per heavy atom. The third-order valence-electron chi connectivity index (χ3n) is 9.05. The molecule has 3 fully saturated rings. The van der Waals surface area contributed by atoms with Gasteiger partial charge in [-0.2, -0.15) is 0 Å². The maximum atomic E-state index is 13.1. The first-order chi connectivity index (χ1) is 13.1. The number of carbonyl (C=O) groups excluding carboxylic acids is 2. The van der Waals surface area contributed by atoms with E-state index >= 15 is 0 Å². The number of ether oxygens (including phenoxy) is 1. The number of carbonyl (C=O) groups is 2. The second kappa shape index (κ2) is 7.37. The topological polar surface area (TPSA) is 104 Å². The second-order valence-corrected chi connectivity index (χ2v) is 10.0. The summed E-state index contributed by atoms with van der Waals surface area (Å²) < 4.78 is 5.25. The minimum Gasteiger partial charge on any atom is -0.464 e. The summed E-state index contributed by atoms with van der Waals surface area (Å²) in [6.07, 6.45) is 2.55. The van der Waals surface area contributed by atoms with Crippen LogP contribution in [0.15, 0.2) is 0 Å². The van der Waals surface area contributed by atoms with E-state index in [1.807, 2.05) is 20.8 Å². The molecular weight excluding hydrogens is 360 g/mol. The lowest BCUT2D eigenvalue weighted by atomic mass is 9.43. The molecule has 0 saturated heterocycles. The van der Waals surface area contributed by atoms with Crippen molar-refractivity contribution in [2.24, 2.45) is 34.0 Å². The van der Waals surface area contributed by atoms with E-state index in [4.69, 9.17) is 9.84 Å². The van der Waals surface area contributed by atoms with Crippen LogP contribution >= 0.6 is 0 Å². The Labute approximate surface area is 167 Å². The first kappa shape index (κ1) is 21.7. The number of aliphatic hydroxyl groups is 3. The van der Waals surface area contributed by atoms with Crippen molar-refractivity contribution in [3.8, 4) is 0 Å². The summed E-state index contributed by atoms with van der Waals surface area (Å²) in [4.78, 5) is 24.7. The summed E-state index contributed by atoms with van der Waals surface area (Å²) in [5.74, 6) is -1.05. The number of hydrogen-bond donors (Lipinski definition) is 3. The van der Waals surface area contributed by atoms with Gasteiger partial charge in [-0.1, -0.05) is 27.7 Å². The molecule has 160 valence electrons. The van der Waals surface area contributed by atoms with E-state index in [2.05, 4.69) is 6.92 Å². The zero-order valence-electron chi connectivity index (χ0n) is 17.6. The number of aliphatic hydroxyl groups excluding tert-OH is 3. The van der Waals surface area contributed by atoms with Gasteiger partial charge in [0.05, 0.1) is 18.8 Å². The van der Waals surface area contributed by atoms with Crippen LogP contribution < -0.4 is 0 Å². The zero-order valence-corrected chi connectivity index (χ0v) is 17.6. The van der Waals surface area contributed by atoms with Gasteiger partial charge in [0, 0.05) is 23.7 Å². The van der Waals surface area contributed by atoms with Crippen molar-refractivity contribution in [1.29, 1.82) is 0 Å². The Morgan fingerprint density at radius 2 is 1.93 bits per heavy atom. The normalized spacial score (nSPS) is 48.5. The molecule has 3 aliphatic rings. The highest BCUT2D eigenvalue weighted by molar-refractivity contribution is 5.85. The maximum absolute atomic E-state index is 13.1. The third-order valence-corrected chi connectivity index (χ3v) is 9.05. The van der Waals surface area contributed by atoms with Crippen molar-refractivity contribution in [3.05, 3.63) is 0 Å². The van der Waals surface area contributed by atoms with Crippen LogP contribution in [0.3, 0.4) is 0 Å². The number of ketones is 1. The third kappa shape index (κ3) is 2.94. The van der Waals surface area contributed by atoms with Crippen LogP contribution in [0, 0.1) is 34.0 Å². The molecular formula is C22H36O6. The van der Waals surface area contributed by atoms with Crippen molar-refractivity contribution in [2.75, 3.05) is 13.2 Å². The predicted molar refractivity (Wildman–Crippen MR) is 103 cm³/mol. The molecule has 3 saturated carbocycles. The summed E-state index contributed by atoms with van der Waals surface area (Å²) in [5, 5.41) is 31.7. The van der Waals surface area contributed by atoms with Gasteiger partial charge in [-0.3, -0.25) is 4.79 Å². The van der Waals surface area contributed by atoms with Crippen molar-refractivity contribution in [2.45, 2.75) is 78.4 Å². The fraction of sp³-hybridized carbons (Fsp3) is 0.909.